The lowest BCUT2D eigenvalue weighted by Gasteiger charge is -2.09. The van der Waals surface area contributed by atoms with E-state index in [1.54, 1.807) is 12.1 Å². The highest BCUT2D eigenvalue weighted by atomic mass is 19.4. The van der Waals surface area contributed by atoms with E-state index in [1.807, 2.05) is 0 Å². The van der Waals surface area contributed by atoms with Crippen molar-refractivity contribution in [1.82, 2.24) is 10.2 Å². The maximum Gasteiger partial charge on any atom is 0.422 e. The van der Waals surface area contributed by atoms with Gasteiger partial charge >= 0.3 is 6.18 Å². The zero-order valence-electron chi connectivity index (χ0n) is 8.44. The Balaban J connectivity index is 2.12. The van der Waals surface area contributed by atoms with Gasteiger partial charge in [0.1, 0.15) is 5.75 Å². The van der Waals surface area contributed by atoms with Crippen molar-refractivity contribution < 1.29 is 22.3 Å². The molecule has 0 saturated carbocycles. The second-order valence-corrected chi connectivity index (χ2v) is 3.18. The number of ether oxygens (including phenoxy) is 1. The Labute approximate surface area is 94.0 Å². The molecule has 2 rings (SSSR count). The van der Waals surface area contributed by atoms with Crippen molar-refractivity contribution in [2.24, 2.45) is 0 Å². The number of benzene rings is 1. The summed E-state index contributed by atoms with van der Waals surface area (Å²) < 4.78 is 45.4. The van der Waals surface area contributed by atoms with Crippen molar-refractivity contribution in [3.8, 4) is 17.2 Å². The molecule has 0 aliphatic rings. The molecule has 2 aromatic rings. The molecule has 0 atom stereocenters. The van der Waals surface area contributed by atoms with E-state index in [-0.39, 0.29) is 11.6 Å². The highest BCUT2D eigenvalue weighted by Crippen LogP contribution is 2.23. The standard InChI is InChI=1S/C10H7F3N2O2/c11-10(12,13)5-16-8-3-1-2-7(4-8)9-15-14-6-17-9/h1-4,6H,5H2. The van der Waals surface area contributed by atoms with Crippen LogP contribution < -0.4 is 4.74 Å². The Kier molecular flexibility index (Phi) is 2.99. The third-order valence-corrected chi connectivity index (χ3v) is 1.84. The van der Waals surface area contributed by atoms with Crippen LogP contribution in [0.3, 0.4) is 0 Å². The quantitative estimate of drug-likeness (QED) is 0.832. The molecule has 0 saturated heterocycles. The molecule has 7 heteroatoms. The van der Waals surface area contributed by atoms with Gasteiger partial charge in [0.05, 0.1) is 0 Å². The molecular formula is C10H7F3N2O2. The molecule has 17 heavy (non-hydrogen) atoms. The molecule has 4 nitrogen and oxygen atoms in total. The van der Waals surface area contributed by atoms with Crippen molar-refractivity contribution in [2.75, 3.05) is 6.61 Å². The van der Waals surface area contributed by atoms with Crippen LogP contribution in [0.1, 0.15) is 0 Å². The largest absolute Gasteiger partial charge is 0.484 e. The van der Waals surface area contributed by atoms with Crippen LogP contribution in [0.5, 0.6) is 5.75 Å². The zero-order chi connectivity index (χ0) is 12.3. The second kappa shape index (κ2) is 4.44. The van der Waals surface area contributed by atoms with Crippen LogP contribution in [0, 0.1) is 0 Å². The summed E-state index contributed by atoms with van der Waals surface area (Å²) in [5.41, 5.74) is 0.502. The molecule has 0 aliphatic heterocycles. The molecular weight excluding hydrogens is 237 g/mol. The van der Waals surface area contributed by atoms with Crippen molar-refractivity contribution in [2.45, 2.75) is 6.18 Å². The first kappa shape index (κ1) is 11.4. The number of rotatable bonds is 3. The van der Waals surface area contributed by atoms with Gasteiger partial charge < -0.3 is 9.15 Å². The first-order valence-corrected chi connectivity index (χ1v) is 4.61. The van der Waals surface area contributed by atoms with Crippen molar-refractivity contribution >= 4 is 0 Å². The Morgan fingerprint density at radius 2 is 2.12 bits per heavy atom. The molecule has 0 fully saturated rings. The van der Waals surface area contributed by atoms with Crippen molar-refractivity contribution in [3.63, 3.8) is 0 Å². The molecule has 1 aromatic heterocycles. The van der Waals surface area contributed by atoms with Gasteiger partial charge in [0.2, 0.25) is 12.3 Å². The maximum absolute atomic E-state index is 11.9. The van der Waals surface area contributed by atoms with Crippen LogP contribution in [0.2, 0.25) is 0 Å². The van der Waals surface area contributed by atoms with Crippen LogP contribution >= 0.6 is 0 Å². The number of halogens is 3. The van der Waals surface area contributed by atoms with Gasteiger partial charge in [0.15, 0.2) is 6.61 Å². The van der Waals surface area contributed by atoms with Crippen LogP contribution in [0.15, 0.2) is 35.1 Å². The fraction of sp³-hybridized carbons (Fsp3) is 0.200. The Morgan fingerprint density at radius 3 is 2.76 bits per heavy atom. The summed E-state index contributed by atoms with van der Waals surface area (Å²) in [5, 5.41) is 7.12. The second-order valence-electron chi connectivity index (χ2n) is 3.18. The Bertz CT molecular complexity index is 483. The van der Waals surface area contributed by atoms with Crippen LogP contribution in [0.25, 0.3) is 11.5 Å². The summed E-state index contributed by atoms with van der Waals surface area (Å²) in [4.78, 5) is 0. The number of nitrogens with zero attached hydrogens (tertiary/aromatic N) is 2. The average molecular weight is 244 g/mol. The van der Waals surface area contributed by atoms with E-state index in [1.165, 1.54) is 12.1 Å². The van der Waals surface area contributed by atoms with Gasteiger partial charge in [-0.2, -0.15) is 13.2 Å². The summed E-state index contributed by atoms with van der Waals surface area (Å²) in [6, 6.07) is 6.00. The van der Waals surface area contributed by atoms with E-state index in [9.17, 15) is 13.2 Å². The van der Waals surface area contributed by atoms with Crippen LogP contribution in [0.4, 0.5) is 13.2 Å². The maximum atomic E-state index is 11.9. The average Bonchev–Trinajstić information content (AvgIpc) is 2.79. The van der Waals surface area contributed by atoms with E-state index in [0.717, 1.165) is 6.39 Å². The molecule has 0 bridgehead atoms. The minimum atomic E-state index is -4.36. The van der Waals surface area contributed by atoms with Crippen molar-refractivity contribution in [1.29, 1.82) is 0 Å². The Morgan fingerprint density at radius 1 is 1.29 bits per heavy atom. The number of aromatic nitrogens is 2. The van der Waals surface area contributed by atoms with E-state index in [2.05, 4.69) is 14.9 Å². The summed E-state index contributed by atoms with van der Waals surface area (Å²) in [6.07, 6.45) is -3.22. The number of hydrogen-bond acceptors (Lipinski definition) is 4. The summed E-state index contributed by atoms with van der Waals surface area (Å²) in [7, 11) is 0. The SMILES string of the molecule is FC(F)(F)COc1cccc(-c2nnco2)c1. The monoisotopic (exact) mass is 244 g/mol. The molecule has 0 amide bonds. The van der Waals surface area contributed by atoms with E-state index in [4.69, 9.17) is 4.42 Å². The van der Waals surface area contributed by atoms with Gasteiger partial charge in [0, 0.05) is 5.56 Å². The lowest BCUT2D eigenvalue weighted by Crippen LogP contribution is -2.19. The normalized spacial score (nSPS) is 11.5. The zero-order valence-corrected chi connectivity index (χ0v) is 8.44. The van der Waals surface area contributed by atoms with Crippen LogP contribution in [-0.4, -0.2) is 23.0 Å². The summed E-state index contributed by atoms with van der Waals surface area (Å²) in [5.74, 6) is 0.320. The number of hydrogen-bond donors (Lipinski definition) is 0. The first-order chi connectivity index (χ1) is 8.04. The molecule has 0 radical (unpaired) electrons. The molecule has 90 valence electrons. The molecule has 0 unspecified atom stereocenters. The summed E-state index contributed by atoms with van der Waals surface area (Å²) >= 11 is 0. The van der Waals surface area contributed by atoms with Gasteiger partial charge in [-0.05, 0) is 18.2 Å². The minimum Gasteiger partial charge on any atom is -0.484 e. The first-order valence-electron chi connectivity index (χ1n) is 4.61. The molecule has 1 aromatic carbocycles. The fourth-order valence-corrected chi connectivity index (χ4v) is 1.18. The van der Waals surface area contributed by atoms with Gasteiger partial charge in [-0.15, -0.1) is 10.2 Å². The van der Waals surface area contributed by atoms with E-state index >= 15 is 0 Å². The van der Waals surface area contributed by atoms with Gasteiger partial charge in [-0.1, -0.05) is 6.07 Å². The molecule has 0 aliphatic carbocycles. The topological polar surface area (TPSA) is 48.2 Å². The third kappa shape index (κ3) is 3.20. The van der Waals surface area contributed by atoms with Crippen molar-refractivity contribution in [3.05, 3.63) is 30.7 Å². The molecule has 1 heterocycles. The predicted octanol–water partition coefficient (Wildman–Crippen LogP) is 2.68. The highest BCUT2D eigenvalue weighted by Gasteiger charge is 2.28. The summed E-state index contributed by atoms with van der Waals surface area (Å²) in [6.45, 7) is -1.33. The predicted molar refractivity (Wildman–Crippen MR) is 51.3 cm³/mol. The molecule has 0 N–H and O–H groups in total. The number of alkyl halides is 3. The Hall–Kier alpha value is -2.05. The molecule has 0 spiro atoms. The smallest absolute Gasteiger partial charge is 0.422 e. The van der Waals surface area contributed by atoms with Crippen LogP contribution in [-0.2, 0) is 0 Å². The van der Waals surface area contributed by atoms with E-state index in [0.29, 0.717) is 5.56 Å². The highest BCUT2D eigenvalue weighted by molar-refractivity contribution is 5.55. The van der Waals surface area contributed by atoms with E-state index < -0.39 is 12.8 Å². The lowest BCUT2D eigenvalue weighted by atomic mass is 10.2. The lowest BCUT2D eigenvalue weighted by molar-refractivity contribution is -0.153. The fourth-order valence-electron chi connectivity index (χ4n) is 1.18. The minimum absolute atomic E-state index is 0.0954. The van der Waals surface area contributed by atoms with Gasteiger partial charge in [-0.3, -0.25) is 0 Å². The third-order valence-electron chi connectivity index (χ3n) is 1.84. The van der Waals surface area contributed by atoms with Gasteiger partial charge in [-0.25, -0.2) is 0 Å². The van der Waals surface area contributed by atoms with Gasteiger partial charge in [0.25, 0.3) is 0 Å².